The first kappa shape index (κ1) is 14.3. The fourth-order valence-corrected chi connectivity index (χ4v) is 1.91. The average Bonchev–Trinajstić information content (AvgIpc) is 2.37. The molecule has 3 nitrogen and oxygen atoms in total. The van der Waals surface area contributed by atoms with E-state index in [0.29, 0.717) is 6.61 Å². The Labute approximate surface area is 119 Å². The quantitative estimate of drug-likeness (QED) is 0.888. The van der Waals surface area contributed by atoms with Gasteiger partial charge in [-0.2, -0.15) is 0 Å². The highest BCUT2D eigenvalue weighted by atomic mass is 16.5. The van der Waals surface area contributed by atoms with Crippen LogP contribution in [0.5, 0.6) is 17.2 Å². The highest BCUT2D eigenvalue weighted by molar-refractivity contribution is 5.53. The summed E-state index contributed by atoms with van der Waals surface area (Å²) in [7, 11) is 0. The molecule has 0 saturated carbocycles. The zero-order valence-electron chi connectivity index (χ0n) is 12.1. The van der Waals surface area contributed by atoms with Crippen LogP contribution in [0.2, 0.25) is 0 Å². The SMILES string of the molecule is CC(C)(C)c1cc(O)c(OCc2ccccc2)c(O)c1. The maximum Gasteiger partial charge on any atom is 0.203 e. The Morgan fingerprint density at radius 3 is 2.00 bits per heavy atom. The lowest BCUT2D eigenvalue weighted by Crippen LogP contribution is -2.11. The van der Waals surface area contributed by atoms with Gasteiger partial charge in [-0.1, -0.05) is 51.1 Å². The van der Waals surface area contributed by atoms with Gasteiger partial charge in [-0.3, -0.25) is 0 Å². The lowest BCUT2D eigenvalue weighted by molar-refractivity contribution is 0.272. The third-order valence-electron chi connectivity index (χ3n) is 3.14. The molecule has 0 saturated heterocycles. The van der Waals surface area contributed by atoms with Crippen molar-refractivity contribution < 1.29 is 14.9 Å². The molecule has 0 aliphatic heterocycles. The second-order valence-corrected chi connectivity index (χ2v) is 5.87. The van der Waals surface area contributed by atoms with Crippen molar-refractivity contribution in [3.63, 3.8) is 0 Å². The molecule has 0 aliphatic carbocycles. The number of hydrogen-bond donors (Lipinski definition) is 2. The van der Waals surface area contributed by atoms with E-state index in [1.54, 1.807) is 12.1 Å². The monoisotopic (exact) mass is 272 g/mol. The third kappa shape index (κ3) is 3.23. The van der Waals surface area contributed by atoms with Crippen molar-refractivity contribution in [3.05, 3.63) is 53.6 Å². The van der Waals surface area contributed by atoms with Gasteiger partial charge in [0.2, 0.25) is 5.75 Å². The zero-order chi connectivity index (χ0) is 14.8. The van der Waals surface area contributed by atoms with Gasteiger partial charge in [0.15, 0.2) is 11.5 Å². The van der Waals surface area contributed by atoms with Crippen molar-refractivity contribution in [2.75, 3.05) is 0 Å². The van der Waals surface area contributed by atoms with Crippen molar-refractivity contribution in [1.82, 2.24) is 0 Å². The smallest absolute Gasteiger partial charge is 0.203 e. The number of ether oxygens (including phenoxy) is 1. The molecule has 3 heteroatoms. The summed E-state index contributed by atoms with van der Waals surface area (Å²) in [5, 5.41) is 20.1. The van der Waals surface area contributed by atoms with E-state index in [1.165, 1.54) is 0 Å². The van der Waals surface area contributed by atoms with Crippen molar-refractivity contribution in [2.45, 2.75) is 32.8 Å². The first-order chi connectivity index (χ1) is 9.38. The van der Waals surface area contributed by atoms with Gasteiger partial charge in [-0.25, -0.2) is 0 Å². The van der Waals surface area contributed by atoms with Crippen LogP contribution in [-0.4, -0.2) is 10.2 Å². The van der Waals surface area contributed by atoms with Crippen LogP contribution in [-0.2, 0) is 12.0 Å². The van der Waals surface area contributed by atoms with Crippen LogP contribution in [0.25, 0.3) is 0 Å². The van der Waals surface area contributed by atoms with Crippen LogP contribution >= 0.6 is 0 Å². The molecule has 0 radical (unpaired) electrons. The summed E-state index contributed by atoms with van der Waals surface area (Å²) in [6.07, 6.45) is 0. The Morgan fingerprint density at radius 1 is 0.950 bits per heavy atom. The molecule has 2 rings (SSSR count). The minimum Gasteiger partial charge on any atom is -0.504 e. The van der Waals surface area contributed by atoms with Crippen molar-refractivity contribution in [1.29, 1.82) is 0 Å². The van der Waals surface area contributed by atoms with E-state index in [9.17, 15) is 10.2 Å². The van der Waals surface area contributed by atoms with Crippen LogP contribution in [0.4, 0.5) is 0 Å². The molecule has 20 heavy (non-hydrogen) atoms. The van der Waals surface area contributed by atoms with Crippen LogP contribution < -0.4 is 4.74 Å². The number of phenols is 2. The van der Waals surface area contributed by atoms with Gasteiger partial charge in [0.1, 0.15) is 6.61 Å². The minimum atomic E-state index is -0.146. The molecule has 0 aromatic heterocycles. The van der Waals surface area contributed by atoms with Crippen molar-refractivity contribution in [3.8, 4) is 17.2 Å². The second kappa shape index (κ2) is 5.45. The number of rotatable bonds is 3. The molecule has 2 N–H and O–H groups in total. The van der Waals surface area contributed by atoms with E-state index >= 15 is 0 Å². The van der Waals surface area contributed by atoms with Gasteiger partial charge >= 0.3 is 0 Å². The molecule has 0 bridgehead atoms. The molecule has 0 aliphatic rings. The zero-order valence-corrected chi connectivity index (χ0v) is 12.1. The Balaban J connectivity index is 2.21. The predicted octanol–water partition coefficient (Wildman–Crippen LogP) is 3.97. The fourth-order valence-electron chi connectivity index (χ4n) is 1.91. The largest absolute Gasteiger partial charge is 0.504 e. The van der Waals surface area contributed by atoms with Crippen molar-refractivity contribution >= 4 is 0 Å². The molecular weight excluding hydrogens is 252 g/mol. The Hall–Kier alpha value is -2.16. The first-order valence-electron chi connectivity index (χ1n) is 6.61. The summed E-state index contributed by atoms with van der Waals surface area (Å²) >= 11 is 0. The van der Waals surface area contributed by atoms with Gasteiger partial charge < -0.3 is 14.9 Å². The highest BCUT2D eigenvalue weighted by Crippen LogP contribution is 2.40. The molecule has 0 unspecified atom stereocenters. The summed E-state index contributed by atoms with van der Waals surface area (Å²) < 4.78 is 5.52. The van der Waals surface area contributed by atoms with Crippen LogP contribution in [0.3, 0.4) is 0 Å². The number of benzene rings is 2. The van der Waals surface area contributed by atoms with Crippen LogP contribution in [0.15, 0.2) is 42.5 Å². The standard InChI is InChI=1S/C17H20O3/c1-17(2,3)13-9-14(18)16(15(19)10-13)20-11-12-7-5-4-6-8-12/h4-10,18-19H,11H2,1-3H3. The van der Waals surface area contributed by atoms with Gasteiger partial charge in [-0.05, 0) is 28.7 Å². The summed E-state index contributed by atoms with van der Waals surface area (Å²) in [5.74, 6) is 0.0542. The average molecular weight is 272 g/mol. The van der Waals surface area contributed by atoms with Crippen LogP contribution in [0, 0.1) is 0 Å². The molecule has 0 atom stereocenters. The topological polar surface area (TPSA) is 49.7 Å². The second-order valence-electron chi connectivity index (χ2n) is 5.87. The normalized spacial score (nSPS) is 11.3. The van der Waals surface area contributed by atoms with Crippen LogP contribution in [0.1, 0.15) is 31.9 Å². The van der Waals surface area contributed by atoms with E-state index in [0.717, 1.165) is 11.1 Å². The molecule has 0 spiro atoms. The molecule has 0 heterocycles. The van der Waals surface area contributed by atoms with E-state index in [4.69, 9.17) is 4.74 Å². The fraction of sp³-hybridized carbons (Fsp3) is 0.294. The van der Waals surface area contributed by atoms with E-state index in [2.05, 4.69) is 0 Å². The maximum atomic E-state index is 10.0. The van der Waals surface area contributed by atoms with Gasteiger partial charge in [0, 0.05) is 0 Å². The summed E-state index contributed by atoms with van der Waals surface area (Å²) in [4.78, 5) is 0. The molecule has 0 fully saturated rings. The Kier molecular flexibility index (Phi) is 3.89. The highest BCUT2D eigenvalue weighted by Gasteiger charge is 2.19. The lowest BCUT2D eigenvalue weighted by Gasteiger charge is -2.21. The van der Waals surface area contributed by atoms with E-state index in [1.807, 2.05) is 51.1 Å². The minimum absolute atomic E-state index is 0.0362. The number of phenolic OH excluding ortho intramolecular Hbond substituents is 2. The lowest BCUT2D eigenvalue weighted by atomic mass is 9.87. The van der Waals surface area contributed by atoms with Crippen molar-refractivity contribution in [2.24, 2.45) is 0 Å². The van der Waals surface area contributed by atoms with E-state index in [-0.39, 0.29) is 22.7 Å². The maximum absolute atomic E-state index is 10.0. The third-order valence-corrected chi connectivity index (χ3v) is 3.14. The molecule has 0 amide bonds. The Bertz CT molecular complexity index is 560. The number of aromatic hydroxyl groups is 2. The summed E-state index contributed by atoms with van der Waals surface area (Å²) in [6, 6.07) is 12.9. The molecule has 106 valence electrons. The summed E-state index contributed by atoms with van der Waals surface area (Å²) in [5.41, 5.74) is 1.69. The van der Waals surface area contributed by atoms with Gasteiger partial charge in [-0.15, -0.1) is 0 Å². The number of hydrogen-bond acceptors (Lipinski definition) is 3. The van der Waals surface area contributed by atoms with Gasteiger partial charge in [0.05, 0.1) is 0 Å². The first-order valence-corrected chi connectivity index (χ1v) is 6.61. The predicted molar refractivity (Wildman–Crippen MR) is 79.2 cm³/mol. The molecule has 2 aromatic rings. The Morgan fingerprint density at radius 2 is 1.50 bits per heavy atom. The molecule has 2 aromatic carbocycles. The summed E-state index contributed by atoms with van der Waals surface area (Å²) in [6.45, 7) is 6.36. The van der Waals surface area contributed by atoms with Gasteiger partial charge in [0.25, 0.3) is 0 Å². The molecular formula is C17H20O3. The van der Waals surface area contributed by atoms with E-state index < -0.39 is 0 Å².